The topological polar surface area (TPSA) is 79.5 Å². The van der Waals surface area contributed by atoms with Crippen molar-refractivity contribution >= 4 is 5.97 Å². The summed E-state index contributed by atoms with van der Waals surface area (Å²) in [5.41, 5.74) is 0.727. The highest BCUT2D eigenvalue weighted by Crippen LogP contribution is 2.38. The molecule has 2 heterocycles. The Morgan fingerprint density at radius 3 is 2.58 bits per heavy atom. The fourth-order valence-electron chi connectivity index (χ4n) is 2.81. The molecule has 2 aromatic rings. The molecule has 6 nitrogen and oxygen atoms in total. The van der Waals surface area contributed by atoms with E-state index in [-0.39, 0.29) is 19.0 Å². The largest absolute Gasteiger partial charge is 0.481 e. The monoisotopic (exact) mass is 341 g/mol. The molecular weight excluding hydrogens is 327 g/mol. The van der Waals surface area contributed by atoms with Crippen molar-refractivity contribution in [3.8, 4) is 11.4 Å². The number of rotatable bonds is 4. The molecule has 0 bridgehead atoms. The number of halogens is 3. The average molecular weight is 341 g/mol. The van der Waals surface area contributed by atoms with E-state index in [1.807, 2.05) is 6.07 Å². The summed E-state index contributed by atoms with van der Waals surface area (Å²) in [6, 6.07) is 9.00. The van der Waals surface area contributed by atoms with Crippen LogP contribution >= 0.6 is 0 Å². The molecule has 0 amide bonds. The molecule has 1 aromatic carbocycles. The summed E-state index contributed by atoms with van der Waals surface area (Å²) in [4.78, 5) is 16.6. The summed E-state index contributed by atoms with van der Waals surface area (Å²) >= 11 is 0. The highest BCUT2D eigenvalue weighted by molar-refractivity contribution is 5.71. The van der Waals surface area contributed by atoms with E-state index < -0.39 is 30.5 Å². The maximum absolute atomic E-state index is 13.0. The van der Waals surface area contributed by atoms with E-state index in [1.54, 1.807) is 24.3 Å². The normalized spacial score (nSPS) is 22.0. The second-order valence-electron chi connectivity index (χ2n) is 5.66. The second kappa shape index (κ2) is 6.23. The quantitative estimate of drug-likeness (QED) is 0.920. The summed E-state index contributed by atoms with van der Waals surface area (Å²) in [6.07, 6.45) is -4.55. The first-order chi connectivity index (χ1) is 11.3. The van der Waals surface area contributed by atoms with Gasteiger partial charge in [-0.05, 0) is 0 Å². The molecule has 0 spiro atoms. The van der Waals surface area contributed by atoms with Crippen LogP contribution in [0.3, 0.4) is 0 Å². The zero-order valence-corrected chi connectivity index (χ0v) is 12.4. The number of likely N-dealkylation sites (tertiary alicyclic amines) is 1. The third kappa shape index (κ3) is 3.40. The number of hydrogen-bond donors (Lipinski definition) is 1. The molecule has 3 rings (SSSR count). The van der Waals surface area contributed by atoms with Crippen molar-refractivity contribution < 1.29 is 27.6 Å². The van der Waals surface area contributed by atoms with Crippen LogP contribution in [0.4, 0.5) is 13.2 Å². The molecule has 0 aliphatic carbocycles. The Morgan fingerprint density at radius 2 is 2.00 bits per heavy atom. The van der Waals surface area contributed by atoms with E-state index in [1.165, 1.54) is 4.90 Å². The van der Waals surface area contributed by atoms with Crippen molar-refractivity contribution in [1.29, 1.82) is 0 Å². The van der Waals surface area contributed by atoms with Gasteiger partial charge < -0.3 is 9.63 Å². The van der Waals surface area contributed by atoms with Gasteiger partial charge in [0.15, 0.2) is 0 Å². The maximum atomic E-state index is 13.0. The average Bonchev–Trinajstić information content (AvgIpc) is 3.15. The van der Waals surface area contributed by atoms with Crippen LogP contribution in [0.1, 0.15) is 5.89 Å². The van der Waals surface area contributed by atoms with Gasteiger partial charge in [0.1, 0.15) is 0 Å². The van der Waals surface area contributed by atoms with Crippen molar-refractivity contribution in [3.05, 3.63) is 36.2 Å². The van der Waals surface area contributed by atoms with Crippen LogP contribution in [0.2, 0.25) is 0 Å². The Bertz CT molecular complexity index is 717. The number of carboxylic acids is 1. The zero-order chi connectivity index (χ0) is 17.3. The lowest BCUT2D eigenvalue weighted by atomic mass is 9.96. The van der Waals surface area contributed by atoms with E-state index in [0.717, 1.165) is 5.56 Å². The minimum absolute atomic E-state index is 0.0177. The van der Waals surface area contributed by atoms with Crippen molar-refractivity contribution in [2.24, 2.45) is 11.8 Å². The van der Waals surface area contributed by atoms with Gasteiger partial charge in [0.2, 0.25) is 11.7 Å². The molecule has 0 radical (unpaired) electrons. The van der Waals surface area contributed by atoms with Crippen molar-refractivity contribution in [2.45, 2.75) is 12.7 Å². The highest BCUT2D eigenvalue weighted by atomic mass is 19.4. The molecule has 0 saturated carbocycles. The SMILES string of the molecule is O=C(O)[C@@H]1CN(Cc2nc(-c3ccccc3)no2)C[C@H]1C(F)(F)F. The van der Waals surface area contributed by atoms with E-state index in [2.05, 4.69) is 10.1 Å². The standard InChI is InChI=1S/C15H14F3N3O3/c16-15(17,18)11-7-21(6-10(11)14(22)23)8-12-19-13(20-24-12)9-4-2-1-3-5-9/h1-5,10-11H,6-8H2,(H,22,23)/t10-,11-/m1/s1. The predicted molar refractivity (Wildman–Crippen MR) is 75.7 cm³/mol. The van der Waals surface area contributed by atoms with Crippen molar-refractivity contribution in [3.63, 3.8) is 0 Å². The van der Waals surface area contributed by atoms with Crippen LogP contribution < -0.4 is 0 Å². The van der Waals surface area contributed by atoms with Crippen LogP contribution in [0.5, 0.6) is 0 Å². The van der Waals surface area contributed by atoms with E-state index in [9.17, 15) is 18.0 Å². The lowest BCUT2D eigenvalue weighted by molar-refractivity contribution is -0.188. The molecule has 9 heteroatoms. The number of aliphatic carboxylic acids is 1. The molecule has 1 fully saturated rings. The molecule has 2 atom stereocenters. The summed E-state index contributed by atoms with van der Waals surface area (Å²) in [7, 11) is 0. The van der Waals surface area contributed by atoms with Gasteiger partial charge in [-0.15, -0.1) is 0 Å². The van der Waals surface area contributed by atoms with Gasteiger partial charge in [0.25, 0.3) is 0 Å². The van der Waals surface area contributed by atoms with Gasteiger partial charge in [-0.2, -0.15) is 18.2 Å². The first-order valence-corrected chi connectivity index (χ1v) is 7.24. The Hall–Kier alpha value is -2.42. The number of aromatic nitrogens is 2. The first kappa shape index (κ1) is 16.4. The molecule has 1 aromatic heterocycles. The number of hydrogen-bond acceptors (Lipinski definition) is 5. The Morgan fingerprint density at radius 1 is 1.29 bits per heavy atom. The number of nitrogens with zero attached hydrogens (tertiary/aromatic N) is 3. The third-order valence-electron chi connectivity index (χ3n) is 3.99. The second-order valence-corrected chi connectivity index (χ2v) is 5.66. The summed E-state index contributed by atoms with van der Waals surface area (Å²) in [5.74, 6) is -4.34. The van der Waals surface area contributed by atoms with E-state index in [4.69, 9.17) is 9.63 Å². The number of benzene rings is 1. The van der Waals surface area contributed by atoms with Crippen LogP contribution in [0.25, 0.3) is 11.4 Å². The van der Waals surface area contributed by atoms with Crippen LogP contribution in [-0.4, -0.2) is 45.4 Å². The van der Waals surface area contributed by atoms with Gasteiger partial charge in [-0.25, -0.2) is 0 Å². The molecule has 128 valence electrons. The van der Waals surface area contributed by atoms with Crippen LogP contribution in [0, 0.1) is 11.8 Å². The van der Waals surface area contributed by atoms with Crippen molar-refractivity contribution in [1.82, 2.24) is 15.0 Å². The summed E-state index contributed by atoms with van der Waals surface area (Å²) < 4.78 is 44.0. The van der Waals surface area contributed by atoms with E-state index in [0.29, 0.717) is 5.82 Å². The van der Waals surface area contributed by atoms with Gasteiger partial charge in [0, 0.05) is 18.7 Å². The maximum Gasteiger partial charge on any atom is 0.393 e. The number of carbonyl (C=O) groups is 1. The minimum Gasteiger partial charge on any atom is -0.481 e. The Balaban J connectivity index is 1.71. The fourth-order valence-corrected chi connectivity index (χ4v) is 2.81. The Kier molecular flexibility index (Phi) is 4.27. The van der Waals surface area contributed by atoms with Gasteiger partial charge >= 0.3 is 12.1 Å². The van der Waals surface area contributed by atoms with Gasteiger partial charge in [0.05, 0.1) is 18.4 Å². The smallest absolute Gasteiger partial charge is 0.393 e. The highest BCUT2D eigenvalue weighted by Gasteiger charge is 2.52. The van der Waals surface area contributed by atoms with Gasteiger partial charge in [-0.3, -0.25) is 9.69 Å². The van der Waals surface area contributed by atoms with Gasteiger partial charge in [-0.1, -0.05) is 35.5 Å². The fraction of sp³-hybridized carbons (Fsp3) is 0.400. The lowest BCUT2D eigenvalue weighted by Crippen LogP contribution is -2.33. The molecule has 1 N–H and O–H groups in total. The minimum atomic E-state index is -4.55. The summed E-state index contributed by atoms with van der Waals surface area (Å²) in [6.45, 7) is -0.623. The number of carboxylic acid groups (broad SMARTS) is 1. The Labute approximate surface area is 134 Å². The first-order valence-electron chi connectivity index (χ1n) is 7.24. The number of alkyl halides is 3. The zero-order valence-electron chi connectivity index (χ0n) is 12.4. The predicted octanol–water partition coefficient (Wildman–Crippen LogP) is 2.43. The molecule has 24 heavy (non-hydrogen) atoms. The van der Waals surface area contributed by atoms with Crippen LogP contribution in [0.15, 0.2) is 34.9 Å². The molecule has 1 saturated heterocycles. The third-order valence-corrected chi connectivity index (χ3v) is 3.99. The summed E-state index contributed by atoms with van der Waals surface area (Å²) in [5, 5.41) is 12.8. The van der Waals surface area contributed by atoms with Crippen LogP contribution in [-0.2, 0) is 11.3 Å². The molecular formula is C15H14F3N3O3. The molecule has 1 aliphatic rings. The molecule has 1 aliphatic heterocycles. The van der Waals surface area contributed by atoms with E-state index >= 15 is 0 Å². The van der Waals surface area contributed by atoms with Crippen molar-refractivity contribution in [2.75, 3.05) is 13.1 Å². The lowest BCUT2D eigenvalue weighted by Gasteiger charge is -2.17. The molecule has 0 unspecified atom stereocenters.